The molecule has 4 heteroatoms. The molecule has 2 aromatic heterocycles. The first kappa shape index (κ1) is 17.0. The zero-order valence-electron chi connectivity index (χ0n) is 15.3. The highest BCUT2D eigenvalue weighted by Crippen LogP contribution is 2.38. The molecule has 0 bridgehead atoms. The Labute approximate surface area is 154 Å². The second-order valence-corrected chi connectivity index (χ2v) is 7.29. The molecule has 0 unspecified atom stereocenters. The smallest absolute Gasteiger partial charge is 0.258 e. The molecule has 4 nitrogen and oxygen atoms in total. The standard InChI is InChI=1S/C22H25N3O/c1-2-3-16-4-6-17(7-5-16)18-8-10-20(11-9-18)22-24-21(25-26-22)19-12-14-23-15-13-19/h8-17H,2-7H2,1H3. The van der Waals surface area contributed by atoms with Crippen LogP contribution in [0, 0.1) is 5.92 Å². The molecule has 0 spiro atoms. The summed E-state index contributed by atoms with van der Waals surface area (Å²) in [7, 11) is 0. The van der Waals surface area contributed by atoms with Gasteiger partial charge in [-0.2, -0.15) is 4.98 Å². The van der Waals surface area contributed by atoms with E-state index in [2.05, 4.69) is 46.3 Å². The summed E-state index contributed by atoms with van der Waals surface area (Å²) < 4.78 is 5.45. The van der Waals surface area contributed by atoms with Crippen LogP contribution in [0.15, 0.2) is 53.3 Å². The lowest BCUT2D eigenvalue weighted by molar-refractivity contribution is 0.308. The van der Waals surface area contributed by atoms with Crippen molar-refractivity contribution in [2.45, 2.75) is 51.4 Å². The van der Waals surface area contributed by atoms with Crippen molar-refractivity contribution in [3.63, 3.8) is 0 Å². The van der Waals surface area contributed by atoms with E-state index >= 15 is 0 Å². The number of nitrogens with zero attached hydrogens (tertiary/aromatic N) is 3. The van der Waals surface area contributed by atoms with Gasteiger partial charge in [-0.05, 0) is 67.3 Å². The lowest BCUT2D eigenvalue weighted by atomic mass is 9.77. The van der Waals surface area contributed by atoms with Crippen LogP contribution in [0.1, 0.15) is 56.9 Å². The molecule has 134 valence electrons. The van der Waals surface area contributed by atoms with Crippen LogP contribution in [-0.4, -0.2) is 15.1 Å². The number of hydrogen-bond acceptors (Lipinski definition) is 4. The first-order chi connectivity index (χ1) is 12.8. The maximum atomic E-state index is 5.45. The van der Waals surface area contributed by atoms with Gasteiger partial charge < -0.3 is 4.52 Å². The van der Waals surface area contributed by atoms with Gasteiger partial charge in [0.25, 0.3) is 5.89 Å². The van der Waals surface area contributed by atoms with Crippen molar-refractivity contribution >= 4 is 0 Å². The van der Waals surface area contributed by atoms with Gasteiger partial charge in [-0.1, -0.05) is 37.1 Å². The molecule has 1 aliphatic carbocycles. The molecule has 0 radical (unpaired) electrons. The van der Waals surface area contributed by atoms with Crippen molar-refractivity contribution in [1.29, 1.82) is 0 Å². The Kier molecular flexibility index (Phi) is 5.09. The molecule has 1 aromatic carbocycles. The first-order valence-electron chi connectivity index (χ1n) is 9.68. The number of pyridine rings is 1. The Bertz CT molecular complexity index is 818. The molecule has 26 heavy (non-hydrogen) atoms. The zero-order valence-corrected chi connectivity index (χ0v) is 15.3. The summed E-state index contributed by atoms with van der Waals surface area (Å²) in [5.74, 6) is 2.81. The van der Waals surface area contributed by atoms with E-state index in [-0.39, 0.29) is 0 Å². The molecule has 1 fully saturated rings. The number of aromatic nitrogens is 3. The SMILES string of the molecule is CCCC1CCC(c2ccc(-c3nc(-c4ccncc4)no3)cc2)CC1. The van der Waals surface area contributed by atoms with Gasteiger partial charge in [-0.25, -0.2) is 0 Å². The predicted octanol–water partition coefficient (Wildman–Crippen LogP) is 5.87. The molecule has 0 aliphatic heterocycles. The summed E-state index contributed by atoms with van der Waals surface area (Å²) in [5.41, 5.74) is 3.33. The summed E-state index contributed by atoms with van der Waals surface area (Å²) in [6, 6.07) is 12.4. The monoisotopic (exact) mass is 347 g/mol. The summed E-state index contributed by atoms with van der Waals surface area (Å²) in [5, 5.41) is 4.09. The molecule has 1 aliphatic rings. The van der Waals surface area contributed by atoms with Gasteiger partial charge >= 0.3 is 0 Å². The minimum Gasteiger partial charge on any atom is -0.334 e. The van der Waals surface area contributed by atoms with Gasteiger partial charge in [0.15, 0.2) is 0 Å². The van der Waals surface area contributed by atoms with Gasteiger partial charge in [0.2, 0.25) is 5.82 Å². The average molecular weight is 347 g/mol. The third kappa shape index (κ3) is 3.69. The third-order valence-electron chi connectivity index (χ3n) is 5.54. The number of hydrogen-bond donors (Lipinski definition) is 0. The Balaban J connectivity index is 1.45. The van der Waals surface area contributed by atoms with Crippen LogP contribution in [0.4, 0.5) is 0 Å². The van der Waals surface area contributed by atoms with E-state index in [4.69, 9.17) is 4.52 Å². The second kappa shape index (κ2) is 7.81. The minimum atomic E-state index is 0.565. The fourth-order valence-electron chi connectivity index (χ4n) is 4.05. The molecule has 2 heterocycles. The maximum Gasteiger partial charge on any atom is 0.258 e. The Morgan fingerprint density at radius 1 is 0.923 bits per heavy atom. The van der Waals surface area contributed by atoms with E-state index in [1.54, 1.807) is 12.4 Å². The van der Waals surface area contributed by atoms with E-state index in [0.29, 0.717) is 17.6 Å². The van der Waals surface area contributed by atoms with Crippen molar-refractivity contribution in [2.24, 2.45) is 5.92 Å². The van der Waals surface area contributed by atoms with Crippen molar-refractivity contribution < 1.29 is 4.52 Å². The Morgan fingerprint density at radius 2 is 1.65 bits per heavy atom. The molecule has 0 amide bonds. The molecule has 4 rings (SSSR count). The van der Waals surface area contributed by atoms with Crippen molar-refractivity contribution in [2.75, 3.05) is 0 Å². The normalized spacial score (nSPS) is 20.2. The van der Waals surface area contributed by atoms with Crippen LogP contribution < -0.4 is 0 Å². The quantitative estimate of drug-likeness (QED) is 0.579. The van der Waals surface area contributed by atoms with Gasteiger partial charge in [-0.15, -0.1) is 0 Å². The molecule has 0 N–H and O–H groups in total. The van der Waals surface area contributed by atoms with Crippen LogP contribution >= 0.6 is 0 Å². The number of rotatable bonds is 5. The highest BCUT2D eigenvalue weighted by atomic mass is 16.5. The van der Waals surface area contributed by atoms with Crippen molar-refractivity contribution in [3.05, 3.63) is 54.4 Å². The fraction of sp³-hybridized carbons (Fsp3) is 0.409. The summed E-state index contributed by atoms with van der Waals surface area (Å²) in [6.45, 7) is 2.29. The van der Waals surface area contributed by atoms with Crippen molar-refractivity contribution in [3.8, 4) is 22.8 Å². The van der Waals surface area contributed by atoms with E-state index < -0.39 is 0 Å². The summed E-state index contributed by atoms with van der Waals surface area (Å²) >= 11 is 0. The first-order valence-corrected chi connectivity index (χ1v) is 9.68. The molecular formula is C22H25N3O. The minimum absolute atomic E-state index is 0.565. The van der Waals surface area contributed by atoms with Gasteiger partial charge in [-0.3, -0.25) is 4.98 Å². The third-order valence-corrected chi connectivity index (χ3v) is 5.54. The van der Waals surface area contributed by atoms with Crippen LogP contribution in [-0.2, 0) is 0 Å². The maximum absolute atomic E-state index is 5.45. The van der Waals surface area contributed by atoms with Crippen LogP contribution in [0.5, 0.6) is 0 Å². The lowest BCUT2D eigenvalue weighted by Crippen LogP contribution is -2.13. The van der Waals surface area contributed by atoms with E-state index in [9.17, 15) is 0 Å². The predicted molar refractivity (Wildman–Crippen MR) is 103 cm³/mol. The highest BCUT2D eigenvalue weighted by Gasteiger charge is 2.22. The van der Waals surface area contributed by atoms with Crippen LogP contribution in [0.3, 0.4) is 0 Å². The molecule has 0 atom stereocenters. The highest BCUT2D eigenvalue weighted by molar-refractivity contribution is 5.59. The second-order valence-electron chi connectivity index (χ2n) is 7.29. The van der Waals surface area contributed by atoms with Crippen molar-refractivity contribution in [1.82, 2.24) is 15.1 Å². The molecule has 3 aromatic rings. The van der Waals surface area contributed by atoms with Crippen LogP contribution in [0.25, 0.3) is 22.8 Å². The van der Waals surface area contributed by atoms with E-state index in [1.165, 1.54) is 44.1 Å². The van der Waals surface area contributed by atoms with Gasteiger partial charge in [0.05, 0.1) is 0 Å². The Morgan fingerprint density at radius 3 is 2.35 bits per heavy atom. The largest absolute Gasteiger partial charge is 0.334 e. The zero-order chi connectivity index (χ0) is 17.8. The molecule has 1 saturated carbocycles. The lowest BCUT2D eigenvalue weighted by Gasteiger charge is -2.28. The topological polar surface area (TPSA) is 51.8 Å². The molecule has 0 saturated heterocycles. The fourth-order valence-corrected chi connectivity index (χ4v) is 4.05. The number of benzene rings is 1. The summed E-state index contributed by atoms with van der Waals surface area (Å²) in [4.78, 5) is 8.54. The van der Waals surface area contributed by atoms with Crippen LogP contribution in [0.2, 0.25) is 0 Å². The van der Waals surface area contributed by atoms with Gasteiger partial charge in [0, 0.05) is 23.5 Å². The van der Waals surface area contributed by atoms with E-state index in [0.717, 1.165) is 17.0 Å². The van der Waals surface area contributed by atoms with E-state index in [1.807, 2.05) is 12.1 Å². The average Bonchev–Trinajstić information content (AvgIpc) is 3.20. The Hall–Kier alpha value is -2.49. The summed E-state index contributed by atoms with van der Waals surface area (Å²) in [6.07, 6.45) is 11.6. The van der Waals surface area contributed by atoms with Gasteiger partial charge in [0.1, 0.15) is 0 Å². The molecular weight excluding hydrogens is 322 g/mol.